The Bertz CT molecular complexity index is 1730. The molecule has 4 rings (SSSR count). The van der Waals surface area contributed by atoms with Gasteiger partial charge in [0.25, 0.3) is 26.0 Å². The molecule has 0 fully saturated rings. The first-order valence-corrected chi connectivity index (χ1v) is 15.1. The first-order valence-electron chi connectivity index (χ1n) is 11.7. The summed E-state index contributed by atoms with van der Waals surface area (Å²) in [6, 6.07) is 21.6. The quantitative estimate of drug-likeness (QED) is 0.231. The van der Waals surface area contributed by atoms with Gasteiger partial charge in [-0.15, -0.1) is 0 Å². The van der Waals surface area contributed by atoms with Gasteiger partial charge >= 0.3 is 0 Å². The zero-order valence-electron chi connectivity index (χ0n) is 21.3. The Morgan fingerprint density at radius 2 is 1.21 bits per heavy atom. The number of rotatable bonds is 8. The van der Waals surface area contributed by atoms with Crippen LogP contribution in [0.1, 0.15) is 27.0 Å². The molecule has 0 saturated carbocycles. The molecule has 39 heavy (non-hydrogen) atoms. The molecular weight excluding hydrogens is 558 g/mol. The molecule has 0 spiro atoms. The van der Waals surface area contributed by atoms with E-state index < -0.39 is 26.0 Å². The molecule has 0 radical (unpaired) electrons. The largest absolute Gasteiger partial charge is 0.322 e. The molecule has 0 atom stereocenters. The Morgan fingerprint density at radius 1 is 0.641 bits per heavy atom. The number of amides is 1. The van der Waals surface area contributed by atoms with E-state index in [9.17, 15) is 21.6 Å². The molecule has 202 valence electrons. The fraction of sp³-hybridized carbons (Fsp3) is 0.107. The van der Waals surface area contributed by atoms with Gasteiger partial charge in [-0.3, -0.25) is 14.2 Å². The Labute approximate surface area is 233 Å². The normalized spacial score (nSPS) is 11.6. The molecule has 0 bridgehead atoms. The van der Waals surface area contributed by atoms with Crippen molar-refractivity contribution in [1.29, 1.82) is 0 Å². The van der Waals surface area contributed by atoms with Crippen LogP contribution in [0.2, 0.25) is 5.02 Å². The van der Waals surface area contributed by atoms with E-state index in [4.69, 9.17) is 11.6 Å². The predicted molar refractivity (Wildman–Crippen MR) is 155 cm³/mol. The van der Waals surface area contributed by atoms with Crippen LogP contribution >= 0.6 is 11.6 Å². The summed E-state index contributed by atoms with van der Waals surface area (Å²) in [7, 11) is -7.83. The molecule has 4 aromatic carbocycles. The van der Waals surface area contributed by atoms with Gasteiger partial charge in [-0.1, -0.05) is 23.7 Å². The maximum atomic E-state index is 13.1. The van der Waals surface area contributed by atoms with Crippen molar-refractivity contribution < 1.29 is 21.6 Å². The summed E-state index contributed by atoms with van der Waals surface area (Å²) < 4.78 is 56.7. The highest BCUT2D eigenvalue weighted by molar-refractivity contribution is 7.93. The van der Waals surface area contributed by atoms with Crippen LogP contribution in [0, 0.1) is 20.8 Å². The van der Waals surface area contributed by atoms with Gasteiger partial charge in [0.15, 0.2) is 0 Å². The monoisotopic (exact) mass is 583 g/mol. The number of benzene rings is 4. The second kappa shape index (κ2) is 11.1. The summed E-state index contributed by atoms with van der Waals surface area (Å²) in [5.74, 6) is -0.548. The van der Waals surface area contributed by atoms with E-state index in [-0.39, 0.29) is 15.4 Å². The van der Waals surface area contributed by atoms with Gasteiger partial charge < -0.3 is 5.32 Å². The minimum absolute atomic E-state index is 0.00313. The summed E-state index contributed by atoms with van der Waals surface area (Å²) in [5.41, 5.74) is 3.56. The molecule has 0 heterocycles. The van der Waals surface area contributed by atoms with Gasteiger partial charge in [0, 0.05) is 27.6 Å². The molecule has 0 aliphatic carbocycles. The lowest BCUT2D eigenvalue weighted by Gasteiger charge is -2.13. The average Bonchev–Trinajstić information content (AvgIpc) is 2.85. The van der Waals surface area contributed by atoms with E-state index in [0.29, 0.717) is 27.6 Å². The standard InChI is InChI=1S/C28H26ClN3O5S2/c1-18-14-19(2)16-25(15-18)32-39(36,37)27-17-21(5-4-20(27)3)28(33)30-23-10-12-26(13-11-23)38(34,35)31-24-8-6-22(29)7-9-24/h4-17,31-32H,1-3H3,(H,30,33). The average molecular weight is 584 g/mol. The third kappa shape index (κ3) is 6.97. The van der Waals surface area contributed by atoms with Gasteiger partial charge in [0.05, 0.1) is 9.79 Å². The summed E-state index contributed by atoms with van der Waals surface area (Å²) >= 11 is 5.84. The molecule has 8 nitrogen and oxygen atoms in total. The Balaban J connectivity index is 1.50. The molecule has 0 aromatic heterocycles. The first-order chi connectivity index (χ1) is 18.3. The van der Waals surface area contributed by atoms with Crippen LogP contribution < -0.4 is 14.8 Å². The van der Waals surface area contributed by atoms with Crippen LogP contribution in [0.4, 0.5) is 17.1 Å². The van der Waals surface area contributed by atoms with Gasteiger partial charge in [0.2, 0.25) is 0 Å². The van der Waals surface area contributed by atoms with Crippen molar-refractivity contribution in [3.63, 3.8) is 0 Å². The Morgan fingerprint density at radius 3 is 1.82 bits per heavy atom. The number of nitrogens with one attached hydrogen (secondary N) is 3. The third-order valence-electron chi connectivity index (χ3n) is 5.73. The molecule has 0 aliphatic heterocycles. The minimum Gasteiger partial charge on any atom is -0.322 e. The number of carbonyl (C=O) groups is 1. The van der Waals surface area contributed by atoms with Crippen LogP contribution in [-0.4, -0.2) is 22.7 Å². The lowest BCUT2D eigenvalue weighted by Crippen LogP contribution is -2.17. The van der Waals surface area contributed by atoms with Crippen molar-refractivity contribution in [2.75, 3.05) is 14.8 Å². The predicted octanol–water partition coefficient (Wildman–Crippen LogP) is 6.12. The van der Waals surface area contributed by atoms with Crippen molar-refractivity contribution in [3.8, 4) is 0 Å². The molecule has 3 N–H and O–H groups in total. The molecule has 0 aliphatic rings. The molecule has 0 saturated heterocycles. The Hall–Kier alpha value is -3.86. The summed E-state index contributed by atoms with van der Waals surface area (Å²) in [4.78, 5) is 12.9. The van der Waals surface area contributed by atoms with E-state index in [1.807, 2.05) is 19.9 Å². The summed E-state index contributed by atoms with van der Waals surface area (Å²) in [6.45, 7) is 5.40. The van der Waals surface area contributed by atoms with Crippen LogP contribution in [0.5, 0.6) is 0 Å². The van der Waals surface area contributed by atoms with E-state index in [1.165, 1.54) is 36.4 Å². The number of hydrogen-bond donors (Lipinski definition) is 3. The fourth-order valence-electron chi connectivity index (χ4n) is 3.93. The molecule has 0 unspecified atom stereocenters. The lowest BCUT2D eigenvalue weighted by molar-refractivity contribution is 0.102. The number of halogens is 1. The van der Waals surface area contributed by atoms with Gasteiger partial charge in [-0.05, 0) is 110 Å². The van der Waals surface area contributed by atoms with Gasteiger partial charge in [-0.25, -0.2) is 16.8 Å². The fourth-order valence-corrected chi connectivity index (χ4v) is 6.42. The SMILES string of the molecule is Cc1cc(C)cc(NS(=O)(=O)c2cc(C(=O)Nc3ccc(S(=O)(=O)Nc4ccc(Cl)cc4)cc3)ccc2C)c1. The highest BCUT2D eigenvalue weighted by Crippen LogP contribution is 2.24. The number of carbonyl (C=O) groups excluding carboxylic acids is 1. The van der Waals surface area contributed by atoms with Crippen molar-refractivity contribution in [2.45, 2.75) is 30.6 Å². The highest BCUT2D eigenvalue weighted by atomic mass is 35.5. The second-order valence-electron chi connectivity index (χ2n) is 9.05. The molecular formula is C28H26ClN3O5S2. The summed E-state index contributed by atoms with van der Waals surface area (Å²) in [6.07, 6.45) is 0. The van der Waals surface area contributed by atoms with Crippen LogP contribution in [-0.2, 0) is 20.0 Å². The molecule has 1 amide bonds. The topological polar surface area (TPSA) is 121 Å². The molecule has 4 aromatic rings. The van der Waals surface area contributed by atoms with Crippen molar-refractivity contribution in [3.05, 3.63) is 112 Å². The van der Waals surface area contributed by atoms with E-state index >= 15 is 0 Å². The number of sulfonamides is 2. The van der Waals surface area contributed by atoms with Crippen molar-refractivity contribution in [1.82, 2.24) is 0 Å². The second-order valence-corrected chi connectivity index (χ2v) is 12.8. The van der Waals surface area contributed by atoms with E-state index in [1.54, 1.807) is 49.4 Å². The number of hydrogen-bond acceptors (Lipinski definition) is 5. The summed E-state index contributed by atoms with van der Waals surface area (Å²) in [5, 5.41) is 3.15. The van der Waals surface area contributed by atoms with E-state index in [2.05, 4.69) is 14.8 Å². The minimum atomic E-state index is -3.97. The van der Waals surface area contributed by atoms with Crippen molar-refractivity contribution >= 4 is 54.6 Å². The van der Waals surface area contributed by atoms with Crippen LogP contribution in [0.25, 0.3) is 0 Å². The first kappa shape index (κ1) is 28.2. The Kier molecular flexibility index (Phi) is 8.01. The number of anilines is 3. The van der Waals surface area contributed by atoms with E-state index in [0.717, 1.165) is 11.1 Å². The van der Waals surface area contributed by atoms with Crippen LogP contribution in [0.3, 0.4) is 0 Å². The zero-order valence-corrected chi connectivity index (χ0v) is 23.7. The maximum Gasteiger partial charge on any atom is 0.262 e. The van der Waals surface area contributed by atoms with Gasteiger partial charge in [-0.2, -0.15) is 0 Å². The van der Waals surface area contributed by atoms with Crippen molar-refractivity contribution in [2.24, 2.45) is 0 Å². The van der Waals surface area contributed by atoms with Crippen LogP contribution in [0.15, 0.2) is 94.7 Å². The highest BCUT2D eigenvalue weighted by Gasteiger charge is 2.20. The smallest absolute Gasteiger partial charge is 0.262 e. The number of aryl methyl sites for hydroxylation is 3. The third-order valence-corrected chi connectivity index (χ3v) is 8.91. The maximum absolute atomic E-state index is 13.1. The molecule has 11 heteroatoms. The zero-order chi connectivity index (χ0) is 28.4. The lowest BCUT2D eigenvalue weighted by atomic mass is 10.1. The van der Waals surface area contributed by atoms with Gasteiger partial charge in [0.1, 0.15) is 0 Å².